The Labute approximate surface area is 120 Å². The van der Waals surface area contributed by atoms with Crippen LogP contribution in [0.2, 0.25) is 0 Å². The molecule has 2 N–H and O–H groups in total. The number of anilines is 1. The molecule has 0 amide bonds. The predicted octanol–water partition coefficient (Wildman–Crippen LogP) is 3.76. The topological polar surface area (TPSA) is 43.8 Å². The Morgan fingerprint density at radius 3 is 2.62 bits per heavy atom. The summed E-state index contributed by atoms with van der Waals surface area (Å²) in [5.41, 5.74) is 8.26. The molecule has 0 atom stereocenters. The summed E-state index contributed by atoms with van der Waals surface area (Å²) in [6.07, 6.45) is 2.09. The maximum absolute atomic E-state index is 14.2. The Bertz CT molecular complexity index is 850. The molecule has 1 aliphatic rings. The van der Waals surface area contributed by atoms with E-state index in [4.69, 9.17) is 5.73 Å². The first-order valence-corrected chi connectivity index (χ1v) is 6.87. The van der Waals surface area contributed by atoms with Gasteiger partial charge in [0.1, 0.15) is 17.5 Å². The van der Waals surface area contributed by atoms with E-state index in [0.29, 0.717) is 17.3 Å². The third-order valence-corrected chi connectivity index (χ3v) is 3.80. The number of halogens is 2. The summed E-state index contributed by atoms with van der Waals surface area (Å²) >= 11 is 0. The largest absolute Gasteiger partial charge is 0.399 e. The van der Waals surface area contributed by atoms with Crippen molar-refractivity contribution >= 4 is 16.7 Å². The number of aromatic nitrogens is 2. The van der Waals surface area contributed by atoms with Crippen molar-refractivity contribution in [3.8, 4) is 5.69 Å². The highest BCUT2D eigenvalue weighted by Gasteiger charge is 2.30. The number of rotatable bonds is 2. The highest BCUT2D eigenvalue weighted by Crippen LogP contribution is 2.42. The van der Waals surface area contributed by atoms with Gasteiger partial charge in [0.05, 0.1) is 16.7 Å². The van der Waals surface area contributed by atoms with Crippen molar-refractivity contribution in [3.05, 3.63) is 53.9 Å². The van der Waals surface area contributed by atoms with Crippen LogP contribution in [0.3, 0.4) is 0 Å². The van der Waals surface area contributed by atoms with E-state index in [2.05, 4.69) is 4.98 Å². The lowest BCUT2D eigenvalue weighted by atomic mass is 10.2. The van der Waals surface area contributed by atoms with Crippen LogP contribution < -0.4 is 5.73 Å². The maximum Gasteiger partial charge on any atom is 0.150 e. The first-order chi connectivity index (χ1) is 10.1. The normalized spacial score (nSPS) is 14.8. The molecular weight excluding hydrogens is 272 g/mol. The predicted molar refractivity (Wildman–Crippen MR) is 77.4 cm³/mol. The summed E-state index contributed by atoms with van der Waals surface area (Å²) < 4.78 is 29.1. The Morgan fingerprint density at radius 1 is 1.10 bits per heavy atom. The van der Waals surface area contributed by atoms with Crippen molar-refractivity contribution < 1.29 is 8.78 Å². The third-order valence-electron chi connectivity index (χ3n) is 3.80. The van der Waals surface area contributed by atoms with E-state index >= 15 is 0 Å². The minimum Gasteiger partial charge on any atom is -0.399 e. The molecule has 1 aliphatic carbocycles. The van der Waals surface area contributed by atoms with Gasteiger partial charge in [-0.25, -0.2) is 13.8 Å². The maximum atomic E-state index is 14.2. The molecule has 3 nitrogen and oxygen atoms in total. The quantitative estimate of drug-likeness (QED) is 0.728. The van der Waals surface area contributed by atoms with Gasteiger partial charge in [0.2, 0.25) is 0 Å². The van der Waals surface area contributed by atoms with Crippen molar-refractivity contribution in [2.24, 2.45) is 0 Å². The fourth-order valence-electron chi connectivity index (χ4n) is 2.65. The Morgan fingerprint density at radius 2 is 1.90 bits per heavy atom. The van der Waals surface area contributed by atoms with Gasteiger partial charge in [-0.3, -0.25) is 4.57 Å². The highest BCUT2D eigenvalue weighted by molar-refractivity contribution is 5.81. The SMILES string of the molecule is Nc1ccc2c(c1)nc(C1CC1)n2-c1ccc(F)cc1F. The van der Waals surface area contributed by atoms with Gasteiger partial charge in [0.15, 0.2) is 0 Å². The van der Waals surface area contributed by atoms with E-state index < -0.39 is 11.6 Å². The summed E-state index contributed by atoms with van der Waals surface area (Å²) in [6, 6.07) is 8.98. The molecule has 1 saturated carbocycles. The van der Waals surface area contributed by atoms with Crippen molar-refractivity contribution in [1.82, 2.24) is 9.55 Å². The second-order valence-corrected chi connectivity index (χ2v) is 5.42. The first kappa shape index (κ1) is 12.3. The van der Waals surface area contributed by atoms with E-state index in [1.54, 1.807) is 16.7 Å². The van der Waals surface area contributed by atoms with Gasteiger partial charge in [-0.05, 0) is 43.2 Å². The molecule has 0 bridgehead atoms. The smallest absolute Gasteiger partial charge is 0.150 e. The molecule has 0 aliphatic heterocycles. The molecule has 2 aromatic carbocycles. The zero-order chi connectivity index (χ0) is 14.6. The molecular formula is C16H13F2N3. The number of imidazole rings is 1. The van der Waals surface area contributed by atoms with Gasteiger partial charge in [0.25, 0.3) is 0 Å². The van der Waals surface area contributed by atoms with E-state index in [1.807, 2.05) is 6.07 Å². The average molecular weight is 285 g/mol. The molecule has 1 heterocycles. The number of nitrogens with two attached hydrogens (primary N) is 1. The molecule has 3 aromatic rings. The minimum atomic E-state index is -0.590. The summed E-state index contributed by atoms with van der Waals surface area (Å²) in [6.45, 7) is 0. The van der Waals surface area contributed by atoms with Gasteiger partial charge in [0, 0.05) is 17.7 Å². The standard InChI is InChI=1S/C16H13F2N3/c17-10-3-5-14(12(18)7-10)21-15-6-4-11(19)8-13(15)20-16(21)9-1-2-9/h3-9H,1-2,19H2. The van der Waals surface area contributed by atoms with Gasteiger partial charge in [-0.2, -0.15) is 0 Å². The first-order valence-electron chi connectivity index (χ1n) is 6.87. The molecule has 0 unspecified atom stereocenters. The third kappa shape index (κ3) is 1.96. The Balaban J connectivity index is 2.03. The van der Waals surface area contributed by atoms with E-state index in [-0.39, 0.29) is 0 Å². The van der Waals surface area contributed by atoms with Gasteiger partial charge in [-0.1, -0.05) is 0 Å². The fraction of sp³-hybridized carbons (Fsp3) is 0.188. The number of nitrogen functional groups attached to an aromatic ring is 1. The highest BCUT2D eigenvalue weighted by atomic mass is 19.1. The van der Waals surface area contributed by atoms with E-state index in [1.165, 1.54) is 12.1 Å². The van der Waals surface area contributed by atoms with Crippen LogP contribution in [-0.2, 0) is 0 Å². The number of benzene rings is 2. The fourth-order valence-corrected chi connectivity index (χ4v) is 2.65. The molecule has 21 heavy (non-hydrogen) atoms. The van der Waals surface area contributed by atoms with Crippen LogP contribution in [-0.4, -0.2) is 9.55 Å². The second-order valence-electron chi connectivity index (χ2n) is 5.42. The number of hydrogen-bond donors (Lipinski definition) is 1. The van der Waals surface area contributed by atoms with Crippen molar-refractivity contribution in [3.63, 3.8) is 0 Å². The zero-order valence-corrected chi connectivity index (χ0v) is 11.2. The lowest BCUT2D eigenvalue weighted by molar-refractivity contribution is 0.577. The van der Waals surface area contributed by atoms with Crippen LogP contribution in [0.5, 0.6) is 0 Å². The van der Waals surface area contributed by atoms with Crippen LogP contribution in [0.1, 0.15) is 24.6 Å². The lowest BCUT2D eigenvalue weighted by Gasteiger charge is -2.10. The Kier molecular flexibility index (Phi) is 2.51. The summed E-state index contributed by atoms with van der Waals surface area (Å²) in [5.74, 6) is -0.0184. The van der Waals surface area contributed by atoms with Crippen LogP contribution >= 0.6 is 0 Å². The minimum absolute atomic E-state index is 0.325. The van der Waals surface area contributed by atoms with Crippen molar-refractivity contribution in [2.45, 2.75) is 18.8 Å². The van der Waals surface area contributed by atoms with Crippen LogP contribution in [0.4, 0.5) is 14.5 Å². The van der Waals surface area contributed by atoms with Crippen LogP contribution in [0, 0.1) is 11.6 Å². The van der Waals surface area contributed by atoms with Crippen LogP contribution in [0.25, 0.3) is 16.7 Å². The molecule has 1 fully saturated rings. The molecule has 1 aromatic heterocycles. The summed E-state index contributed by atoms with van der Waals surface area (Å²) in [5, 5.41) is 0. The molecule has 0 saturated heterocycles. The lowest BCUT2D eigenvalue weighted by Crippen LogP contribution is -2.03. The Hall–Kier alpha value is -2.43. The monoisotopic (exact) mass is 285 g/mol. The van der Waals surface area contributed by atoms with E-state index in [9.17, 15) is 8.78 Å². The second kappa shape index (κ2) is 4.28. The van der Waals surface area contributed by atoms with Gasteiger partial charge in [-0.15, -0.1) is 0 Å². The molecule has 0 radical (unpaired) electrons. The molecule has 5 heteroatoms. The average Bonchev–Trinajstić information content (AvgIpc) is 3.21. The molecule has 106 valence electrons. The molecule has 4 rings (SSSR count). The summed E-state index contributed by atoms with van der Waals surface area (Å²) in [4.78, 5) is 4.60. The van der Waals surface area contributed by atoms with Crippen molar-refractivity contribution in [2.75, 3.05) is 5.73 Å². The van der Waals surface area contributed by atoms with Gasteiger partial charge < -0.3 is 5.73 Å². The molecule has 0 spiro atoms. The number of nitrogens with zero attached hydrogens (tertiary/aromatic N) is 2. The number of fused-ring (bicyclic) bond motifs is 1. The van der Waals surface area contributed by atoms with Crippen molar-refractivity contribution in [1.29, 1.82) is 0 Å². The van der Waals surface area contributed by atoms with E-state index in [0.717, 1.165) is 35.8 Å². The number of hydrogen-bond acceptors (Lipinski definition) is 2. The van der Waals surface area contributed by atoms with Crippen LogP contribution in [0.15, 0.2) is 36.4 Å². The van der Waals surface area contributed by atoms with Gasteiger partial charge >= 0.3 is 0 Å². The summed E-state index contributed by atoms with van der Waals surface area (Å²) in [7, 11) is 0. The zero-order valence-electron chi connectivity index (χ0n) is 11.2.